The fourth-order valence-electron chi connectivity index (χ4n) is 1.94. The van der Waals surface area contributed by atoms with E-state index in [0.717, 1.165) is 24.2 Å². The van der Waals surface area contributed by atoms with Gasteiger partial charge in [0.2, 0.25) is 0 Å². The number of phenols is 1. The van der Waals surface area contributed by atoms with Crippen molar-refractivity contribution in [2.24, 2.45) is 0 Å². The lowest BCUT2D eigenvalue weighted by Crippen LogP contribution is -2.21. The van der Waals surface area contributed by atoms with Crippen molar-refractivity contribution in [2.45, 2.75) is 13.8 Å². The van der Waals surface area contributed by atoms with Gasteiger partial charge in [-0.25, -0.2) is 0 Å². The van der Waals surface area contributed by atoms with Crippen molar-refractivity contribution in [1.82, 2.24) is 4.98 Å². The Kier molecular flexibility index (Phi) is 2.95. The molecule has 0 saturated heterocycles. The number of hydrogen-bond acceptors (Lipinski definition) is 3. The topological polar surface area (TPSA) is 36.4 Å². The van der Waals surface area contributed by atoms with Gasteiger partial charge >= 0.3 is 0 Å². The standard InChI is InChI=1S/C13H16N2O/c1-3-15(4-2)11-8-7-10-6-5-9-14-12(10)13(11)16/h5-9,16H,3-4H2,1-2H3. The summed E-state index contributed by atoms with van der Waals surface area (Å²) in [4.78, 5) is 6.33. The van der Waals surface area contributed by atoms with Crippen LogP contribution in [0.3, 0.4) is 0 Å². The van der Waals surface area contributed by atoms with Gasteiger partial charge in [0.25, 0.3) is 0 Å². The van der Waals surface area contributed by atoms with Gasteiger partial charge in [0.05, 0.1) is 5.69 Å². The molecular weight excluding hydrogens is 200 g/mol. The van der Waals surface area contributed by atoms with Gasteiger partial charge < -0.3 is 10.0 Å². The Morgan fingerprint density at radius 3 is 2.62 bits per heavy atom. The smallest absolute Gasteiger partial charge is 0.165 e. The molecule has 0 aliphatic rings. The summed E-state index contributed by atoms with van der Waals surface area (Å²) in [6.45, 7) is 5.90. The molecule has 3 nitrogen and oxygen atoms in total. The minimum Gasteiger partial charge on any atom is -0.504 e. The molecule has 1 aromatic heterocycles. The first-order valence-corrected chi connectivity index (χ1v) is 5.59. The zero-order valence-electron chi connectivity index (χ0n) is 9.64. The Bertz CT molecular complexity index is 492. The van der Waals surface area contributed by atoms with E-state index < -0.39 is 0 Å². The van der Waals surface area contributed by atoms with Gasteiger partial charge in [-0.05, 0) is 26.0 Å². The molecule has 0 amide bonds. The number of hydrogen-bond donors (Lipinski definition) is 1. The lowest BCUT2D eigenvalue weighted by atomic mass is 10.1. The van der Waals surface area contributed by atoms with Crippen LogP contribution < -0.4 is 4.90 Å². The Morgan fingerprint density at radius 1 is 1.19 bits per heavy atom. The minimum absolute atomic E-state index is 0.279. The Hall–Kier alpha value is -1.77. The van der Waals surface area contributed by atoms with E-state index in [1.807, 2.05) is 24.3 Å². The summed E-state index contributed by atoms with van der Waals surface area (Å²) < 4.78 is 0. The highest BCUT2D eigenvalue weighted by Crippen LogP contribution is 2.33. The molecular formula is C13H16N2O. The second-order valence-corrected chi connectivity index (χ2v) is 3.68. The SMILES string of the molecule is CCN(CC)c1ccc2cccnc2c1O. The number of pyridine rings is 1. The molecule has 16 heavy (non-hydrogen) atoms. The number of anilines is 1. The number of nitrogens with zero attached hydrogens (tertiary/aromatic N) is 2. The fourth-order valence-corrected chi connectivity index (χ4v) is 1.94. The predicted molar refractivity (Wildman–Crippen MR) is 67.0 cm³/mol. The molecule has 1 N–H and O–H groups in total. The van der Waals surface area contributed by atoms with Crippen LogP contribution in [0, 0.1) is 0 Å². The van der Waals surface area contributed by atoms with Gasteiger partial charge in [-0.2, -0.15) is 0 Å². The van der Waals surface area contributed by atoms with Gasteiger partial charge in [0, 0.05) is 24.7 Å². The molecule has 1 aromatic carbocycles. The Balaban J connectivity index is 2.60. The van der Waals surface area contributed by atoms with Gasteiger partial charge in [0.15, 0.2) is 5.75 Å². The number of aromatic hydroxyl groups is 1. The van der Waals surface area contributed by atoms with Gasteiger partial charge in [0.1, 0.15) is 5.52 Å². The maximum Gasteiger partial charge on any atom is 0.165 e. The number of phenolic OH excluding ortho intramolecular Hbond substituents is 1. The van der Waals surface area contributed by atoms with E-state index in [1.54, 1.807) is 6.20 Å². The lowest BCUT2D eigenvalue weighted by molar-refractivity contribution is 0.479. The molecule has 0 bridgehead atoms. The molecule has 0 spiro atoms. The summed E-state index contributed by atoms with van der Waals surface area (Å²) >= 11 is 0. The van der Waals surface area contributed by atoms with Crippen molar-refractivity contribution in [3.8, 4) is 5.75 Å². The van der Waals surface area contributed by atoms with E-state index in [-0.39, 0.29) is 5.75 Å². The van der Waals surface area contributed by atoms with E-state index in [9.17, 15) is 5.11 Å². The van der Waals surface area contributed by atoms with Crippen molar-refractivity contribution < 1.29 is 5.11 Å². The number of rotatable bonds is 3. The first-order valence-electron chi connectivity index (χ1n) is 5.59. The summed E-state index contributed by atoms with van der Waals surface area (Å²) in [6, 6.07) is 7.77. The van der Waals surface area contributed by atoms with E-state index in [0.29, 0.717) is 5.52 Å². The van der Waals surface area contributed by atoms with Crippen molar-refractivity contribution in [1.29, 1.82) is 0 Å². The normalized spacial score (nSPS) is 10.6. The zero-order chi connectivity index (χ0) is 11.5. The molecule has 3 heteroatoms. The zero-order valence-corrected chi connectivity index (χ0v) is 9.64. The van der Waals surface area contributed by atoms with Crippen molar-refractivity contribution in [3.63, 3.8) is 0 Å². The highest BCUT2D eigenvalue weighted by atomic mass is 16.3. The second-order valence-electron chi connectivity index (χ2n) is 3.68. The summed E-state index contributed by atoms with van der Waals surface area (Å²) in [6.07, 6.45) is 1.70. The number of aromatic nitrogens is 1. The maximum absolute atomic E-state index is 10.2. The summed E-state index contributed by atoms with van der Waals surface area (Å²) in [5.74, 6) is 0.279. The van der Waals surface area contributed by atoms with Crippen LogP contribution in [0.1, 0.15) is 13.8 Å². The van der Waals surface area contributed by atoms with Crippen molar-refractivity contribution in [2.75, 3.05) is 18.0 Å². The van der Waals surface area contributed by atoms with Crippen molar-refractivity contribution >= 4 is 16.6 Å². The van der Waals surface area contributed by atoms with Crippen LogP contribution in [0.25, 0.3) is 10.9 Å². The van der Waals surface area contributed by atoms with Crippen LogP contribution in [0.5, 0.6) is 5.75 Å². The van der Waals surface area contributed by atoms with Gasteiger partial charge in [-0.1, -0.05) is 12.1 Å². The molecule has 0 fully saturated rings. The maximum atomic E-state index is 10.2. The first kappa shape index (κ1) is 10.7. The third kappa shape index (κ3) is 1.69. The third-order valence-electron chi connectivity index (χ3n) is 2.83. The molecule has 84 valence electrons. The van der Waals surface area contributed by atoms with Gasteiger partial charge in [-0.15, -0.1) is 0 Å². The monoisotopic (exact) mass is 216 g/mol. The number of fused-ring (bicyclic) bond motifs is 1. The highest BCUT2D eigenvalue weighted by Gasteiger charge is 2.11. The number of benzene rings is 1. The lowest BCUT2D eigenvalue weighted by Gasteiger charge is -2.22. The van der Waals surface area contributed by atoms with Crippen LogP contribution in [0.15, 0.2) is 30.5 Å². The molecule has 0 unspecified atom stereocenters. The Labute approximate surface area is 95.3 Å². The fraction of sp³-hybridized carbons (Fsp3) is 0.308. The molecule has 1 heterocycles. The highest BCUT2D eigenvalue weighted by molar-refractivity contribution is 5.89. The Morgan fingerprint density at radius 2 is 1.94 bits per heavy atom. The van der Waals surface area contributed by atoms with Crippen LogP contribution in [0.2, 0.25) is 0 Å². The minimum atomic E-state index is 0.279. The van der Waals surface area contributed by atoms with Crippen molar-refractivity contribution in [3.05, 3.63) is 30.5 Å². The molecule has 0 aliphatic carbocycles. The van der Waals surface area contributed by atoms with Gasteiger partial charge in [-0.3, -0.25) is 4.98 Å². The van der Waals surface area contributed by atoms with Crippen LogP contribution in [-0.4, -0.2) is 23.2 Å². The van der Waals surface area contributed by atoms with Crippen LogP contribution >= 0.6 is 0 Å². The first-order chi connectivity index (χ1) is 7.77. The van der Waals surface area contributed by atoms with E-state index in [2.05, 4.69) is 23.7 Å². The molecule has 2 rings (SSSR count). The van der Waals surface area contributed by atoms with E-state index in [1.165, 1.54) is 0 Å². The van der Waals surface area contributed by atoms with E-state index in [4.69, 9.17) is 0 Å². The summed E-state index contributed by atoms with van der Waals surface area (Å²) in [5, 5.41) is 11.1. The summed E-state index contributed by atoms with van der Waals surface area (Å²) in [5.41, 5.74) is 1.53. The average molecular weight is 216 g/mol. The second kappa shape index (κ2) is 4.39. The molecule has 0 radical (unpaired) electrons. The van der Waals surface area contributed by atoms with Crippen LogP contribution in [-0.2, 0) is 0 Å². The predicted octanol–water partition coefficient (Wildman–Crippen LogP) is 2.79. The quantitative estimate of drug-likeness (QED) is 0.857. The molecule has 0 aliphatic heterocycles. The average Bonchev–Trinajstić information content (AvgIpc) is 2.34. The van der Waals surface area contributed by atoms with E-state index >= 15 is 0 Å². The summed E-state index contributed by atoms with van der Waals surface area (Å²) in [7, 11) is 0. The molecule has 0 atom stereocenters. The molecule has 0 saturated carbocycles. The largest absolute Gasteiger partial charge is 0.504 e. The third-order valence-corrected chi connectivity index (χ3v) is 2.83. The molecule has 2 aromatic rings. The van der Waals surface area contributed by atoms with Crippen LogP contribution in [0.4, 0.5) is 5.69 Å².